The first-order valence-electron chi connectivity index (χ1n) is 14.1. The number of benzene rings is 3. The van der Waals surface area contributed by atoms with E-state index in [0.29, 0.717) is 33.6 Å². The summed E-state index contributed by atoms with van der Waals surface area (Å²) in [5.41, 5.74) is 1.88. The van der Waals surface area contributed by atoms with Gasteiger partial charge in [0, 0.05) is 48.1 Å². The number of hydrogen-bond acceptors (Lipinski definition) is 5. The zero-order valence-electron chi connectivity index (χ0n) is 24.9. The Balaban J connectivity index is 1.91. The Kier molecular flexibility index (Phi) is 12.7. The van der Waals surface area contributed by atoms with Crippen molar-refractivity contribution in [2.24, 2.45) is 5.92 Å². The highest BCUT2D eigenvalue weighted by Crippen LogP contribution is 2.28. The van der Waals surface area contributed by atoms with Crippen LogP contribution in [0.25, 0.3) is 0 Å². The SMILES string of the molecule is COc1ccc(N(CCCC(=O)N(Cc2c(Cl)cccc2Cl)[C@@H](Cc2ccccc2)C(=O)NCC(C)C)S(C)(=O)=O)cc1. The molecule has 0 fully saturated rings. The van der Waals surface area contributed by atoms with Crippen LogP contribution in [-0.2, 0) is 32.6 Å². The van der Waals surface area contributed by atoms with Crippen molar-refractivity contribution >= 4 is 50.7 Å². The van der Waals surface area contributed by atoms with E-state index in [9.17, 15) is 18.0 Å². The molecule has 0 aliphatic heterocycles. The summed E-state index contributed by atoms with van der Waals surface area (Å²) in [6.45, 7) is 4.52. The molecule has 8 nitrogen and oxygen atoms in total. The van der Waals surface area contributed by atoms with Gasteiger partial charge in [0.15, 0.2) is 0 Å². The van der Waals surface area contributed by atoms with Crippen LogP contribution in [0.4, 0.5) is 5.69 Å². The maximum absolute atomic E-state index is 14.0. The molecule has 0 aromatic heterocycles. The molecule has 0 unspecified atom stereocenters. The van der Waals surface area contributed by atoms with Crippen LogP contribution in [0.5, 0.6) is 5.75 Å². The topological polar surface area (TPSA) is 96.0 Å². The van der Waals surface area contributed by atoms with Crippen LogP contribution in [0, 0.1) is 5.92 Å². The summed E-state index contributed by atoms with van der Waals surface area (Å²) in [6, 6.07) is 20.4. The van der Waals surface area contributed by atoms with Crippen LogP contribution in [0.3, 0.4) is 0 Å². The zero-order valence-corrected chi connectivity index (χ0v) is 27.3. The highest BCUT2D eigenvalue weighted by Gasteiger charge is 2.31. The Morgan fingerprint density at radius 1 is 0.930 bits per heavy atom. The lowest BCUT2D eigenvalue weighted by Crippen LogP contribution is -2.51. The molecule has 1 N–H and O–H groups in total. The molecule has 11 heteroatoms. The summed E-state index contributed by atoms with van der Waals surface area (Å²) < 4.78 is 31.8. The monoisotopic (exact) mass is 647 g/mol. The van der Waals surface area contributed by atoms with Gasteiger partial charge in [-0.15, -0.1) is 0 Å². The standard InChI is InChI=1S/C32H39Cl2N3O5S/c1-23(2)21-35-32(39)30(20-24-10-6-5-7-11-24)36(22-27-28(33)12-8-13-29(27)34)31(38)14-9-19-37(43(4,40)41)25-15-17-26(42-3)18-16-25/h5-8,10-13,15-18,23,30H,9,14,19-22H2,1-4H3,(H,35,39)/t30-/m0/s1. The summed E-state index contributed by atoms with van der Waals surface area (Å²) in [7, 11) is -2.10. The maximum atomic E-state index is 14.0. The van der Waals surface area contributed by atoms with E-state index in [2.05, 4.69) is 5.32 Å². The second-order valence-electron chi connectivity index (χ2n) is 10.7. The lowest BCUT2D eigenvalue weighted by atomic mass is 10.0. The molecule has 0 radical (unpaired) electrons. The minimum Gasteiger partial charge on any atom is -0.497 e. The van der Waals surface area contributed by atoms with E-state index in [-0.39, 0.29) is 50.1 Å². The summed E-state index contributed by atoms with van der Waals surface area (Å²) in [6.07, 6.45) is 1.61. The van der Waals surface area contributed by atoms with Crippen LogP contribution in [0.1, 0.15) is 37.8 Å². The maximum Gasteiger partial charge on any atom is 0.243 e. The molecule has 0 aliphatic rings. The first-order valence-corrected chi connectivity index (χ1v) is 16.7. The highest BCUT2D eigenvalue weighted by molar-refractivity contribution is 7.92. The van der Waals surface area contributed by atoms with Crippen molar-refractivity contribution in [2.75, 3.05) is 30.8 Å². The smallest absolute Gasteiger partial charge is 0.243 e. The van der Waals surface area contributed by atoms with Gasteiger partial charge in [-0.05, 0) is 54.3 Å². The van der Waals surface area contributed by atoms with Gasteiger partial charge in [-0.1, -0.05) is 73.4 Å². The Labute approximate surface area is 265 Å². The van der Waals surface area contributed by atoms with Gasteiger partial charge in [0.05, 0.1) is 19.1 Å². The summed E-state index contributed by atoms with van der Waals surface area (Å²) in [5.74, 6) is 0.203. The van der Waals surface area contributed by atoms with E-state index in [1.807, 2.05) is 44.2 Å². The van der Waals surface area contributed by atoms with Crippen molar-refractivity contribution in [3.05, 3.63) is 94.0 Å². The minimum atomic E-state index is -3.63. The van der Waals surface area contributed by atoms with Crippen LogP contribution >= 0.6 is 23.2 Å². The number of carbonyl (C=O) groups excluding carboxylic acids is 2. The number of ether oxygens (including phenoxy) is 1. The van der Waals surface area contributed by atoms with Crippen molar-refractivity contribution in [1.29, 1.82) is 0 Å². The number of rotatable bonds is 15. The molecule has 3 aromatic rings. The lowest BCUT2D eigenvalue weighted by Gasteiger charge is -2.32. The molecule has 3 rings (SSSR count). The van der Waals surface area contributed by atoms with E-state index in [4.69, 9.17) is 27.9 Å². The predicted octanol–water partition coefficient (Wildman–Crippen LogP) is 5.96. The number of hydrogen-bond donors (Lipinski definition) is 1. The first kappa shape index (κ1) is 34.2. The fraction of sp³-hybridized carbons (Fsp3) is 0.375. The highest BCUT2D eigenvalue weighted by atomic mass is 35.5. The van der Waals surface area contributed by atoms with Gasteiger partial charge in [-0.25, -0.2) is 8.42 Å². The van der Waals surface area contributed by atoms with E-state index < -0.39 is 16.1 Å². The normalized spacial score (nSPS) is 12.1. The molecule has 0 saturated carbocycles. The predicted molar refractivity (Wildman–Crippen MR) is 173 cm³/mol. The molecule has 0 heterocycles. The van der Waals surface area contributed by atoms with Gasteiger partial charge in [-0.3, -0.25) is 13.9 Å². The summed E-state index contributed by atoms with van der Waals surface area (Å²) in [5, 5.41) is 3.75. The second kappa shape index (κ2) is 16.0. The first-order chi connectivity index (χ1) is 20.4. The summed E-state index contributed by atoms with van der Waals surface area (Å²) in [4.78, 5) is 29.1. The average molecular weight is 649 g/mol. The van der Waals surface area contributed by atoms with Crippen LogP contribution in [0.15, 0.2) is 72.8 Å². The Morgan fingerprint density at radius 3 is 2.12 bits per heavy atom. The molecular formula is C32H39Cl2N3O5S. The largest absolute Gasteiger partial charge is 0.497 e. The zero-order chi connectivity index (χ0) is 31.6. The Morgan fingerprint density at radius 2 is 1.56 bits per heavy atom. The number of amides is 2. The van der Waals surface area contributed by atoms with Gasteiger partial charge < -0.3 is 15.0 Å². The van der Waals surface area contributed by atoms with Gasteiger partial charge in [0.25, 0.3) is 0 Å². The van der Waals surface area contributed by atoms with Crippen molar-refractivity contribution < 1.29 is 22.7 Å². The quantitative estimate of drug-likeness (QED) is 0.220. The molecule has 0 bridgehead atoms. The third-order valence-corrected chi connectivity index (χ3v) is 8.76. The molecule has 0 aliphatic carbocycles. The minimum absolute atomic E-state index is 0.00695. The second-order valence-corrected chi connectivity index (χ2v) is 13.4. The molecular weight excluding hydrogens is 609 g/mol. The third kappa shape index (κ3) is 10.2. The number of nitrogens with one attached hydrogen (secondary N) is 1. The van der Waals surface area contributed by atoms with Crippen LogP contribution in [-0.4, -0.2) is 57.6 Å². The molecule has 1 atom stereocenters. The van der Waals surface area contributed by atoms with Gasteiger partial charge in [-0.2, -0.15) is 0 Å². The van der Waals surface area contributed by atoms with Crippen molar-refractivity contribution in [2.45, 2.75) is 45.7 Å². The molecule has 43 heavy (non-hydrogen) atoms. The molecule has 2 amide bonds. The summed E-state index contributed by atoms with van der Waals surface area (Å²) >= 11 is 13.0. The number of methoxy groups -OCH3 is 1. The van der Waals surface area contributed by atoms with Crippen molar-refractivity contribution in [3.8, 4) is 5.75 Å². The average Bonchev–Trinajstić information content (AvgIpc) is 2.97. The van der Waals surface area contributed by atoms with Gasteiger partial charge in [0.1, 0.15) is 11.8 Å². The van der Waals surface area contributed by atoms with Gasteiger partial charge in [0.2, 0.25) is 21.8 Å². The van der Waals surface area contributed by atoms with E-state index in [0.717, 1.165) is 11.8 Å². The fourth-order valence-corrected chi connectivity index (χ4v) is 6.06. The Hall–Kier alpha value is -3.27. The Bertz CT molecular complexity index is 1450. The number of halogens is 2. The van der Waals surface area contributed by atoms with Crippen LogP contribution in [0.2, 0.25) is 10.0 Å². The van der Waals surface area contributed by atoms with Gasteiger partial charge >= 0.3 is 0 Å². The number of sulfonamides is 1. The fourth-order valence-electron chi connectivity index (χ4n) is 4.58. The van der Waals surface area contributed by atoms with Crippen molar-refractivity contribution in [1.82, 2.24) is 10.2 Å². The molecule has 0 saturated heterocycles. The molecule has 0 spiro atoms. The van der Waals surface area contributed by atoms with E-state index in [1.165, 1.54) is 16.3 Å². The molecule has 232 valence electrons. The lowest BCUT2D eigenvalue weighted by molar-refractivity contribution is -0.141. The van der Waals surface area contributed by atoms with E-state index >= 15 is 0 Å². The van der Waals surface area contributed by atoms with Crippen molar-refractivity contribution in [3.63, 3.8) is 0 Å². The molecule has 3 aromatic carbocycles. The third-order valence-electron chi connectivity index (χ3n) is 6.86. The number of anilines is 1. The van der Waals surface area contributed by atoms with Crippen LogP contribution < -0.4 is 14.4 Å². The number of carbonyl (C=O) groups is 2. The number of nitrogens with zero attached hydrogens (tertiary/aromatic N) is 2. The van der Waals surface area contributed by atoms with E-state index in [1.54, 1.807) is 42.5 Å².